The van der Waals surface area contributed by atoms with Gasteiger partial charge in [-0.1, -0.05) is 48.8 Å². The molecule has 0 saturated heterocycles. The summed E-state index contributed by atoms with van der Waals surface area (Å²) in [5.41, 5.74) is 4.58. The summed E-state index contributed by atoms with van der Waals surface area (Å²) in [7, 11) is 0. The molecule has 130 valence electrons. The molecule has 1 aliphatic rings. The van der Waals surface area contributed by atoms with Gasteiger partial charge in [-0.2, -0.15) is 5.26 Å². The molecular weight excluding hydrogens is 392 g/mol. The lowest BCUT2D eigenvalue weighted by molar-refractivity contribution is 0.218. The summed E-state index contributed by atoms with van der Waals surface area (Å²) in [6.45, 7) is 9.01. The average Bonchev–Trinajstić information content (AvgIpc) is 2.91. The molecule has 1 heterocycles. The molecule has 1 aromatic heterocycles. The van der Waals surface area contributed by atoms with E-state index in [2.05, 4.69) is 72.9 Å². The highest BCUT2D eigenvalue weighted by atomic mass is 79.9. The highest BCUT2D eigenvalue weighted by Gasteiger charge is 2.32. The number of benzene rings is 1. The Labute approximate surface area is 162 Å². The van der Waals surface area contributed by atoms with Crippen LogP contribution < -0.4 is 0 Å². The molecule has 0 fully saturated rings. The van der Waals surface area contributed by atoms with E-state index in [-0.39, 0.29) is 0 Å². The quantitative estimate of drug-likeness (QED) is 0.510. The van der Waals surface area contributed by atoms with E-state index in [0.29, 0.717) is 11.3 Å². The molecule has 0 radical (unpaired) electrons. The molecule has 25 heavy (non-hydrogen) atoms. The minimum Gasteiger partial charge on any atom is -0.244 e. The fourth-order valence-corrected chi connectivity index (χ4v) is 4.96. The zero-order chi connectivity index (χ0) is 18.2. The van der Waals surface area contributed by atoms with Crippen LogP contribution >= 0.6 is 27.3 Å². The Morgan fingerprint density at radius 1 is 1.36 bits per heavy atom. The lowest BCUT2D eigenvalue weighted by Gasteiger charge is -2.33. The lowest BCUT2D eigenvalue weighted by Crippen LogP contribution is -2.26. The Balaban J connectivity index is 1.91. The number of halogens is 1. The minimum absolute atomic E-state index is 0.312. The number of nitrogens with zero attached hydrogens (tertiary/aromatic N) is 2. The molecule has 0 spiro atoms. The lowest BCUT2D eigenvalue weighted by atomic mass is 9.72. The summed E-state index contributed by atoms with van der Waals surface area (Å²) in [5.74, 6) is 0.676. The van der Waals surface area contributed by atoms with E-state index < -0.39 is 0 Å². The molecule has 0 N–H and O–H groups in total. The summed E-state index contributed by atoms with van der Waals surface area (Å²) < 4.78 is 1.08. The Morgan fingerprint density at radius 3 is 2.76 bits per heavy atom. The molecule has 0 amide bonds. The molecule has 0 bridgehead atoms. The van der Waals surface area contributed by atoms with E-state index in [1.807, 2.05) is 6.21 Å². The molecule has 1 aliphatic carbocycles. The van der Waals surface area contributed by atoms with Gasteiger partial charge in [-0.05, 0) is 60.3 Å². The number of nitriles is 1. The van der Waals surface area contributed by atoms with Crippen LogP contribution in [0.25, 0.3) is 0 Å². The number of hydrogen-bond donors (Lipinski definition) is 0. The van der Waals surface area contributed by atoms with Gasteiger partial charge in [0.1, 0.15) is 11.1 Å². The Morgan fingerprint density at radius 2 is 2.12 bits per heavy atom. The monoisotopic (exact) mass is 414 g/mol. The van der Waals surface area contributed by atoms with Crippen LogP contribution in [0.2, 0.25) is 0 Å². The third-order valence-electron chi connectivity index (χ3n) is 5.11. The van der Waals surface area contributed by atoms with E-state index in [1.165, 1.54) is 16.0 Å². The summed E-state index contributed by atoms with van der Waals surface area (Å²) in [4.78, 5) is 6.02. The van der Waals surface area contributed by atoms with Gasteiger partial charge in [-0.25, -0.2) is 4.99 Å². The van der Waals surface area contributed by atoms with Gasteiger partial charge < -0.3 is 0 Å². The largest absolute Gasteiger partial charge is 0.244 e. The second-order valence-corrected chi connectivity index (χ2v) is 9.81. The van der Waals surface area contributed by atoms with Crippen molar-refractivity contribution in [2.75, 3.05) is 0 Å². The van der Waals surface area contributed by atoms with Crippen molar-refractivity contribution in [3.8, 4) is 6.07 Å². The number of rotatable bonds is 2. The van der Waals surface area contributed by atoms with Crippen LogP contribution in [-0.4, -0.2) is 6.21 Å². The van der Waals surface area contributed by atoms with Crippen LogP contribution in [0.15, 0.2) is 27.7 Å². The number of thiophene rings is 1. The molecule has 0 unspecified atom stereocenters. The predicted octanol–water partition coefficient (Wildman–Crippen LogP) is 6.59. The van der Waals surface area contributed by atoms with Gasteiger partial charge in [-0.15, -0.1) is 11.3 Å². The van der Waals surface area contributed by atoms with Crippen molar-refractivity contribution in [2.45, 2.75) is 47.0 Å². The van der Waals surface area contributed by atoms with Crippen molar-refractivity contribution >= 4 is 38.5 Å². The van der Waals surface area contributed by atoms with Gasteiger partial charge in [0, 0.05) is 15.6 Å². The second-order valence-electron chi connectivity index (χ2n) is 7.87. The fraction of sp³-hybridized carbons (Fsp3) is 0.429. The van der Waals surface area contributed by atoms with Crippen LogP contribution in [0.1, 0.15) is 54.3 Å². The summed E-state index contributed by atoms with van der Waals surface area (Å²) in [6, 6.07) is 8.59. The van der Waals surface area contributed by atoms with Crippen molar-refractivity contribution in [2.24, 2.45) is 16.3 Å². The topological polar surface area (TPSA) is 36.1 Å². The number of fused-ring (bicyclic) bond motifs is 1. The van der Waals surface area contributed by atoms with E-state index in [9.17, 15) is 5.26 Å². The van der Waals surface area contributed by atoms with Crippen LogP contribution in [0.5, 0.6) is 0 Å². The van der Waals surface area contributed by atoms with Crippen LogP contribution in [0.4, 0.5) is 5.00 Å². The first-order chi connectivity index (χ1) is 11.8. The first-order valence-electron chi connectivity index (χ1n) is 8.64. The van der Waals surface area contributed by atoms with E-state index in [0.717, 1.165) is 39.9 Å². The Bertz CT molecular complexity index is 865. The summed E-state index contributed by atoms with van der Waals surface area (Å²) >= 11 is 5.26. The zero-order valence-electron chi connectivity index (χ0n) is 15.2. The first kappa shape index (κ1) is 18.4. The Kier molecular flexibility index (Phi) is 5.18. The van der Waals surface area contributed by atoms with Gasteiger partial charge in [0.05, 0.1) is 5.56 Å². The van der Waals surface area contributed by atoms with Crippen molar-refractivity contribution in [3.63, 3.8) is 0 Å². The third-order valence-corrected chi connectivity index (χ3v) is 7.13. The fourth-order valence-electron chi connectivity index (χ4n) is 3.34. The van der Waals surface area contributed by atoms with Gasteiger partial charge in [0.25, 0.3) is 0 Å². The molecular formula is C21H23BrN2S. The maximum Gasteiger partial charge on any atom is 0.134 e. The van der Waals surface area contributed by atoms with Crippen molar-refractivity contribution in [1.29, 1.82) is 5.26 Å². The molecule has 0 aliphatic heterocycles. The standard InChI is InChI=1S/C21H23BrN2S/c1-13-5-6-14(9-18(13)22)12-24-20-17(11-23)16-8-7-15(21(2,3)4)10-19(16)25-20/h5-6,9,12,15H,7-8,10H2,1-4H3/t15-/m0/s1. The van der Waals surface area contributed by atoms with Gasteiger partial charge in [0.15, 0.2) is 0 Å². The molecule has 4 heteroatoms. The summed E-state index contributed by atoms with van der Waals surface area (Å²) in [6.07, 6.45) is 5.10. The second kappa shape index (κ2) is 7.05. The van der Waals surface area contributed by atoms with E-state index >= 15 is 0 Å². The average molecular weight is 415 g/mol. The van der Waals surface area contributed by atoms with E-state index in [1.54, 1.807) is 11.3 Å². The molecule has 2 aromatic rings. The highest BCUT2D eigenvalue weighted by Crippen LogP contribution is 2.44. The van der Waals surface area contributed by atoms with E-state index in [4.69, 9.17) is 0 Å². The maximum atomic E-state index is 9.64. The normalized spacial score (nSPS) is 17.5. The van der Waals surface area contributed by atoms with Crippen molar-refractivity contribution in [3.05, 3.63) is 49.8 Å². The molecule has 3 rings (SSSR count). The molecule has 1 atom stereocenters. The van der Waals surface area contributed by atoms with Crippen molar-refractivity contribution < 1.29 is 0 Å². The molecule has 0 saturated carbocycles. The number of aryl methyl sites for hydroxylation is 1. The molecule has 1 aromatic carbocycles. The predicted molar refractivity (Wildman–Crippen MR) is 110 cm³/mol. The molecule has 2 nitrogen and oxygen atoms in total. The van der Waals surface area contributed by atoms with Crippen LogP contribution in [0, 0.1) is 29.6 Å². The maximum absolute atomic E-state index is 9.64. The first-order valence-corrected chi connectivity index (χ1v) is 10.3. The van der Waals surface area contributed by atoms with Crippen LogP contribution in [0.3, 0.4) is 0 Å². The van der Waals surface area contributed by atoms with Gasteiger partial charge in [-0.3, -0.25) is 0 Å². The van der Waals surface area contributed by atoms with Gasteiger partial charge in [0.2, 0.25) is 0 Å². The number of aliphatic imine (C=N–C) groups is 1. The van der Waals surface area contributed by atoms with Crippen LogP contribution in [-0.2, 0) is 12.8 Å². The SMILES string of the molecule is Cc1ccc(C=Nc2sc3c(c2C#N)CC[C@H](C(C)(C)C)C3)cc1Br. The zero-order valence-corrected chi connectivity index (χ0v) is 17.6. The smallest absolute Gasteiger partial charge is 0.134 e. The highest BCUT2D eigenvalue weighted by molar-refractivity contribution is 9.10. The number of hydrogen-bond acceptors (Lipinski definition) is 3. The van der Waals surface area contributed by atoms with Crippen molar-refractivity contribution in [1.82, 2.24) is 0 Å². The minimum atomic E-state index is 0.312. The Hall–Kier alpha value is -1.44. The summed E-state index contributed by atoms with van der Waals surface area (Å²) in [5, 5.41) is 10.5. The third kappa shape index (κ3) is 3.88. The van der Waals surface area contributed by atoms with Gasteiger partial charge >= 0.3 is 0 Å².